The molecule has 0 bridgehead atoms. The second-order valence-electron chi connectivity index (χ2n) is 10.6. The van der Waals surface area contributed by atoms with E-state index in [-0.39, 0.29) is 21.8 Å². The van der Waals surface area contributed by atoms with Crippen molar-refractivity contribution in [3.05, 3.63) is 40.6 Å². The number of aromatic nitrogens is 7. The number of aryl methyl sites for hydroxylation is 1. The molecule has 4 aromatic rings. The van der Waals surface area contributed by atoms with Gasteiger partial charge in [0.25, 0.3) is 5.56 Å². The molecule has 0 radical (unpaired) electrons. The summed E-state index contributed by atoms with van der Waals surface area (Å²) in [5.41, 5.74) is 1.39. The highest BCUT2D eigenvalue weighted by molar-refractivity contribution is 7.89. The number of ether oxygens (including phenoxy) is 2. The van der Waals surface area contributed by atoms with Gasteiger partial charge in [0.2, 0.25) is 16.0 Å². The number of hydrogen-bond donors (Lipinski definition) is 0. The van der Waals surface area contributed by atoms with Crippen LogP contribution in [0.5, 0.6) is 5.75 Å². The summed E-state index contributed by atoms with van der Waals surface area (Å²) in [7, 11) is 1.41. The number of likely N-dealkylation sites (N-methyl/N-ethyl adjacent to an activating group) is 1. The molecule has 1 saturated heterocycles. The lowest BCUT2D eigenvalue weighted by Crippen LogP contribution is -2.47. The minimum atomic E-state index is -3.78. The van der Waals surface area contributed by atoms with Crippen molar-refractivity contribution in [3.8, 4) is 23.1 Å². The summed E-state index contributed by atoms with van der Waals surface area (Å²) in [4.78, 5) is 25.6. The minimum Gasteiger partial charge on any atom is -0.493 e. The van der Waals surface area contributed by atoms with Crippen molar-refractivity contribution in [2.24, 2.45) is 7.05 Å². The van der Waals surface area contributed by atoms with Crippen LogP contribution in [0.2, 0.25) is 0 Å². The van der Waals surface area contributed by atoms with E-state index in [0.29, 0.717) is 80.8 Å². The molecule has 0 unspecified atom stereocenters. The van der Waals surface area contributed by atoms with Crippen molar-refractivity contribution >= 4 is 21.1 Å². The largest absolute Gasteiger partial charge is 0.493 e. The molecule has 0 N–H and O–H groups in total. The molecular weight excluding hydrogens is 574 g/mol. The Morgan fingerprint density at radius 1 is 1.02 bits per heavy atom. The molecule has 3 aromatic heterocycles. The Morgan fingerprint density at radius 2 is 1.79 bits per heavy atom. The van der Waals surface area contributed by atoms with E-state index in [9.17, 15) is 13.2 Å². The number of methoxy groups -OCH3 is 1. The highest BCUT2D eigenvalue weighted by atomic mass is 32.2. The van der Waals surface area contributed by atoms with Crippen LogP contribution in [0.3, 0.4) is 0 Å². The van der Waals surface area contributed by atoms with Crippen LogP contribution in [0.4, 0.5) is 0 Å². The van der Waals surface area contributed by atoms with Crippen LogP contribution < -0.4 is 10.3 Å². The van der Waals surface area contributed by atoms with Gasteiger partial charge < -0.3 is 14.4 Å². The number of rotatable bonds is 12. The Labute approximate surface area is 250 Å². The number of piperazine rings is 1. The van der Waals surface area contributed by atoms with Crippen LogP contribution in [0.25, 0.3) is 28.4 Å². The molecule has 14 nitrogen and oxygen atoms in total. The van der Waals surface area contributed by atoms with Crippen LogP contribution in [0, 0.1) is 0 Å². The van der Waals surface area contributed by atoms with Gasteiger partial charge in [0, 0.05) is 40.3 Å². The van der Waals surface area contributed by atoms with Gasteiger partial charge in [-0.15, -0.1) is 0 Å². The van der Waals surface area contributed by atoms with Gasteiger partial charge >= 0.3 is 0 Å². The Kier molecular flexibility index (Phi) is 9.25. The first-order valence-corrected chi connectivity index (χ1v) is 16.0. The first-order valence-electron chi connectivity index (χ1n) is 14.5. The molecule has 15 heteroatoms. The van der Waals surface area contributed by atoms with Crippen LogP contribution in [0.15, 0.2) is 34.2 Å². The van der Waals surface area contributed by atoms with Crippen LogP contribution in [0.1, 0.15) is 32.4 Å². The molecule has 43 heavy (non-hydrogen) atoms. The van der Waals surface area contributed by atoms with Crippen LogP contribution in [-0.4, -0.2) is 105 Å². The van der Waals surface area contributed by atoms with Crippen LogP contribution in [-0.2, 0) is 34.8 Å². The zero-order chi connectivity index (χ0) is 30.7. The fourth-order valence-electron chi connectivity index (χ4n) is 5.11. The predicted octanol–water partition coefficient (Wildman–Crippen LogP) is 1.70. The van der Waals surface area contributed by atoms with Crippen molar-refractivity contribution in [2.75, 3.05) is 53.6 Å². The summed E-state index contributed by atoms with van der Waals surface area (Å²) >= 11 is 0. The topological polar surface area (TPSA) is 143 Å². The summed E-state index contributed by atoms with van der Waals surface area (Å²) in [6.07, 6.45) is 3.52. The normalized spacial score (nSPS) is 15.0. The molecule has 1 fully saturated rings. The Hall–Kier alpha value is -3.66. The number of nitrogens with zero attached hydrogens (tertiary/aromatic N) is 9. The SMILES string of the molecule is CCCOc1ccc(S(=O)(=O)N2CCN(C)CC2)cc1-c1nc2c(CCC)nn(-c3ncnn3CCOC)c2c(=O)n1C. The van der Waals surface area contributed by atoms with Gasteiger partial charge in [0.1, 0.15) is 23.4 Å². The highest BCUT2D eigenvalue weighted by Crippen LogP contribution is 2.33. The van der Waals surface area contributed by atoms with Crippen molar-refractivity contribution in [2.45, 2.75) is 44.6 Å². The van der Waals surface area contributed by atoms with E-state index in [0.717, 1.165) is 12.8 Å². The molecule has 0 amide bonds. The Morgan fingerprint density at radius 3 is 2.49 bits per heavy atom. The summed E-state index contributed by atoms with van der Waals surface area (Å²) in [6, 6.07) is 4.78. The molecule has 4 heterocycles. The van der Waals surface area contributed by atoms with Gasteiger partial charge in [-0.1, -0.05) is 20.3 Å². The average Bonchev–Trinajstić information content (AvgIpc) is 3.61. The van der Waals surface area contributed by atoms with Crippen molar-refractivity contribution in [1.82, 2.24) is 43.3 Å². The van der Waals surface area contributed by atoms with Gasteiger partial charge in [-0.3, -0.25) is 9.36 Å². The van der Waals surface area contributed by atoms with Crippen LogP contribution >= 0.6 is 0 Å². The number of benzene rings is 1. The molecule has 0 aliphatic carbocycles. The van der Waals surface area contributed by atoms with Crippen molar-refractivity contribution in [3.63, 3.8) is 0 Å². The van der Waals surface area contributed by atoms with Gasteiger partial charge in [-0.05, 0) is 38.1 Å². The predicted molar refractivity (Wildman–Crippen MR) is 161 cm³/mol. The summed E-state index contributed by atoms with van der Waals surface area (Å²) in [6.45, 7) is 7.38. The third kappa shape index (κ3) is 5.94. The lowest BCUT2D eigenvalue weighted by Gasteiger charge is -2.31. The van der Waals surface area contributed by atoms with E-state index in [1.165, 1.54) is 19.9 Å². The molecular formula is C28H39N9O5S. The molecule has 232 valence electrons. The lowest BCUT2D eigenvalue weighted by molar-refractivity contribution is 0.183. The quantitative estimate of drug-likeness (QED) is 0.232. The number of fused-ring (bicyclic) bond motifs is 1. The molecule has 0 saturated carbocycles. The maximum Gasteiger partial charge on any atom is 0.280 e. The maximum absolute atomic E-state index is 14.1. The fourth-order valence-corrected chi connectivity index (χ4v) is 6.56. The molecule has 1 aliphatic heterocycles. The zero-order valence-corrected chi connectivity index (χ0v) is 26.2. The van der Waals surface area contributed by atoms with Crippen molar-refractivity contribution in [1.29, 1.82) is 0 Å². The summed E-state index contributed by atoms with van der Waals surface area (Å²) < 4.78 is 44.7. The molecule has 1 aliphatic rings. The van der Waals surface area contributed by atoms with E-state index in [1.807, 2.05) is 20.9 Å². The molecule has 5 rings (SSSR count). The van der Waals surface area contributed by atoms with Gasteiger partial charge in [-0.25, -0.2) is 18.1 Å². The molecule has 1 aromatic carbocycles. The average molecular weight is 614 g/mol. The Balaban J connectivity index is 1.69. The monoisotopic (exact) mass is 613 g/mol. The highest BCUT2D eigenvalue weighted by Gasteiger charge is 2.30. The van der Waals surface area contributed by atoms with E-state index < -0.39 is 10.0 Å². The minimum absolute atomic E-state index is 0.126. The first-order chi connectivity index (χ1) is 20.7. The smallest absolute Gasteiger partial charge is 0.280 e. The van der Waals surface area contributed by atoms with Gasteiger partial charge in [0.15, 0.2) is 5.52 Å². The van der Waals surface area contributed by atoms with Crippen molar-refractivity contribution < 1.29 is 17.9 Å². The third-order valence-electron chi connectivity index (χ3n) is 7.50. The standard InChI is InChI=1S/C28H39N9O5S/c1-6-8-22-24-25(37(32-22)28-29-19-30-36(28)15-17-41-5)27(38)34(4)26(31-24)21-18-20(9-10-23(21)42-16-7-2)43(39,40)35-13-11-33(3)12-14-35/h9-10,18-19H,6-8,11-17H2,1-5H3. The van der Waals surface area contributed by atoms with E-state index in [4.69, 9.17) is 19.6 Å². The number of hydrogen-bond acceptors (Lipinski definition) is 10. The third-order valence-corrected chi connectivity index (χ3v) is 9.40. The van der Waals surface area contributed by atoms with Gasteiger partial charge in [0.05, 0.1) is 35.9 Å². The second kappa shape index (κ2) is 12.9. The van der Waals surface area contributed by atoms with E-state index in [2.05, 4.69) is 15.0 Å². The number of sulfonamides is 1. The molecule has 0 spiro atoms. The van der Waals surface area contributed by atoms with Gasteiger partial charge in [-0.2, -0.15) is 24.2 Å². The van der Waals surface area contributed by atoms with E-state index >= 15 is 0 Å². The van der Waals surface area contributed by atoms with E-state index in [1.54, 1.807) is 37.0 Å². The second-order valence-corrected chi connectivity index (χ2v) is 12.5. The Bertz CT molecular complexity index is 1750. The maximum atomic E-state index is 14.1. The summed E-state index contributed by atoms with van der Waals surface area (Å²) in [5, 5.41) is 9.04. The lowest BCUT2D eigenvalue weighted by atomic mass is 10.1. The molecule has 0 atom stereocenters. The summed E-state index contributed by atoms with van der Waals surface area (Å²) in [5.74, 6) is 1.12. The first kappa shape index (κ1) is 30.8. The fraction of sp³-hybridized carbons (Fsp3) is 0.536. The zero-order valence-electron chi connectivity index (χ0n) is 25.4.